The van der Waals surface area contributed by atoms with Crippen molar-refractivity contribution in [1.29, 1.82) is 0 Å². The maximum Gasteiger partial charge on any atom is 0.129 e. The van der Waals surface area contributed by atoms with Gasteiger partial charge in [0, 0.05) is 0 Å². The Hall–Kier alpha value is -0.560. The molecule has 4 atom stereocenters. The van der Waals surface area contributed by atoms with Gasteiger partial charge >= 0.3 is 0 Å². The van der Waals surface area contributed by atoms with Gasteiger partial charge in [-0.1, -0.05) is 37.8 Å². The molecule has 1 aromatic carbocycles. The molecule has 2 heteroatoms. The van der Waals surface area contributed by atoms with E-state index in [-0.39, 0.29) is 11.2 Å². The van der Waals surface area contributed by atoms with Crippen molar-refractivity contribution in [3.8, 4) is 0 Å². The zero-order valence-electron chi connectivity index (χ0n) is 13.2. The SMILES string of the molecule is Cc1cc(C(Cl)C2CCC3CCCCC3C2)cc(C)c1F. The van der Waals surface area contributed by atoms with Gasteiger partial charge in [0.25, 0.3) is 0 Å². The van der Waals surface area contributed by atoms with E-state index in [1.807, 2.05) is 26.0 Å². The maximum absolute atomic E-state index is 13.8. The first-order valence-electron chi connectivity index (χ1n) is 8.47. The Balaban J connectivity index is 1.74. The molecule has 0 spiro atoms. The summed E-state index contributed by atoms with van der Waals surface area (Å²) in [4.78, 5) is 0. The van der Waals surface area contributed by atoms with Crippen LogP contribution in [0.2, 0.25) is 0 Å². The number of hydrogen-bond acceptors (Lipinski definition) is 0. The molecular formula is C19H26ClF. The molecule has 2 fully saturated rings. The molecule has 0 bridgehead atoms. The molecule has 3 rings (SSSR count). The van der Waals surface area contributed by atoms with Crippen molar-refractivity contribution in [3.63, 3.8) is 0 Å². The minimum absolute atomic E-state index is 0.0471. The number of alkyl halides is 1. The number of benzene rings is 1. The third-order valence-electron chi connectivity index (χ3n) is 5.77. The first kappa shape index (κ1) is 15.3. The standard InChI is InChI=1S/C19H26ClF/c1-12-9-17(10-13(2)19(12)21)18(20)16-8-7-14-5-3-4-6-15(14)11-16/h9-10,14-16,18H,3-8,11H2,1-2H3. The summed E-state index contributed by atoms with van der Waals surface area (Å²) in [5.41, 5.74) is 2.57. The second-order valence-corrected chi connectivity index (χ2v) is 7.72. The van der Waals surface area contributed by atoms with Gasteiger partial charge < -0.3 is 0 Å². The molecule has 0 aromatic heterocycles. The first-order chi connectivity index (χ1) is 10.1. The van der Waals surface area contributed by atoms with E-state index < -0.39 is 0 Å². The minimum atomic E-state index is -0.0846. The second kappa shape index (κ2) is 6.28. The van der Waals surface area contributed by atoms with Crippen LogP contribution in [0.15, 0.2) is 12.1 Å². The number of rotatable bonds is 2. The van der Waals surface area contributed by atoms with Gasteiger partial charge in [-0.05, 0) is 67.6 Å². The Labute approximate surface area is 133 Å². The fraction of sp³-hybridized carbons (Fsp3) is 0.684. The molecule has 2 saturated carbocycles. The minimum Gasteiger partial charge on any atom is -0.206 e. The van der Waals surface area contributed by atoms with E-state index in [9.17, 15) is 4.39 Å². The van der Waals surface area contributed by atoms with Crippen LogP contribution < -0.4 is 0 Å². The Morgan fingerprint density at radius 3 is 2.29 bits per heavy atom. The topological polar surface area (TPSA) is 0 Å². The highest BCUT2D eigenvalue weighted by Gasteiger charge is 2.35. The molecule has 4 unspecified atom stereocenters. The van der Waals surface area contributed by atoms with Gasteiger partial charge in [0.1, 0.15) is 5.82 Å². The summed E-state index contributed by atoms with van der Waals surface area (Å²) >= 11 is 6.79. The lowest BCUT2D eigenvalue weighted by molar-refractivity contribution is 0.127. The fourth-order valence-corrected chi connectivity index (χ4v) is 4.94. The molecule has 0 heterocycles. The average Bonchev–Trinajstić information content (AvgIpc) is 2.51. The largest absolute Gasteiger partial charge is 0.206 e. The Morgan fingerprint density at radius 1 is 1.00 bits per heavy atom. The normalized spacial score (nSPS) is 30.8. The average molecular weight is 309 g/mol. The van der Waals surface area contributed by atoms with Crippen molar-refractivity contribution < 1.29 is 4.39 Å². The number of hydrogen-bond donors (Lipinski definition) is 0. The van der Waals surface area contributed by atoms with E-state index in [1.54, 1.807) is 0 Å². The third kappa shape index (κ3) is 3.13. The molecule has 116 valence electrons. The Morgan fingerprint density at radius 2 is 1.62 bits per heavy atom. The van der Waals surface area contributed by atoms with E-state index in [4.69, 9.17) is 11.6 Å². The van der Waals surface area contributed by atoms with Crippen LogP contribution in [-0.4, -0.2) is 0 Å². The van der Waals surface area contributed by atoms with Crippen molar-refractivity contribution >= 4 is 11.6 Å². The van der Waals surface area contributed by atoms with E-state index in [2.05, 4.69) is 0 Å². The lowest BCUT2D eigenvalue weighted by Gasteiger charge is -2.40. The van der Waals surface area contributed by atoms with E-state index in [0.717, 1.165) is 28.5 Å². The van der Waals surface area contributed by atoms with Crippen molar-refractivity contribution in [1.82, 2.24) is 0 Å². The molecular weight excluding hydrogens is 283 g/mol. The highest BCUT2D eigenvalue weighted by molar-refractivity contribution is 6.21. The molecule has 0 radical (unpaired) electrons. The molecule has 0 nitrogen and oxygen atoms in total. The van der Waals surface area contributed by atoms with Crippen LogP contribution in [0.3, 0.4) is 0 Å². The van der Waals surface area contributed by atoms with Crippen LogP contribution in [0.5, 0.6) is 0 Å². The lowest BCUT2D eigenvalue weighted by atomic mass is 9.66. The van der Waals surface area contributed by atoms with Crippen LogP contribution in [0.25, 0.3) is 0 Å². The van der Waals surface area contributed by atoms with E-state index in [0.29, 0.717) is 5.92 Å². The highest BCUT2D eigenvalue weighted by Crippen LogP contribution is 2.48. The van der Waals surface area contributed by atoms with Crippen molar-refractivity contribution in [2.45, 2.75) is 64.2 Å². The first-order valence-corrected chi connectivity index (χ1v) is 8.90. The van der Waals surface area contributed by atoms with Gasteiger partial charge in [-0.3, -0.25) is 0 Å². The molecule has 2 aliphatic rings. The maximum atomic E-state index is 13.8. The fourth-order valence-electron chi connectivity index (χ4n) is 4.59. The van der Waals surface area contributed by atoms with Crippen molar-refractivity contribution in [3.05, 3.63) is 34.6 Å². The Bertz CT molecular complexity index is 487. The second-order valence-electron chi connectivity index (χ2n) is 7.25. The van der Waals surface area contributed by atoms with E-state index in [1.165, 1.54) is 44.9 Å². The molecule has 0 aliphatic heterocycles. The molecule has 2 aliphatic carbocycles. The summed E-state index contributed by atoms with van der Waals surface area (Å²) in [5.74, 6) is 2.32. The molecule has 0 saturated heterocycles. The van der Waals surface area contributed by atoms with Gasteiger partial charge in [-0.2, -0.15) is 0 Å². The quantitative estimate of drug-likeness (QED) is 0.560. The number of aryl methyl sites for hydroxylation is 2. The zero-order valence-corrected chi connectivity index (χ0v) is 13.9. The molecule has 0 amide bonds. The molecule has 21 heavy (non-hydrogen) atoms. The smallest absolute Gasteiger partial charge is 0.129 e. The Kier molecular flexibility index (Phi) is 4.59. The van der Waals surface area contributed by atoms with Gasteiger partial charge in [-0.25, -0.2) is 4.39 Å². The van der Waals surface area contributed by atoms with Crippen LogP contribution in [0.1, 0.15) is 67.0 Å². The van der Waals surface area contributed by atoms with Crippen molar-refractivity contribution in [2.24, 2.45) is 17.8 Å². The van der Waals surface area contributed by atoms with Gasteiger partial charge in [0.05, 0.1) is 5.38 Å². The monoisotopic (exact) mass is 308 g/mol. The summed E-state index contributed by atoms with van der Waals surface area (Å²) in [6, 6.07) is 3.90. The molecule has 1 aromatic rings. The summed E-state index contributed by atoms with van der Waals surface area (Å²) in [7, 11) is 0. The summed E-state index contributed by atoms with van der Waals surface area (Å²) in [6.07, 6.45) is 9.50. The lowest BCUT2D eigenvalue weighted by Crippen LogP contribution is -2.29. The van der Waals surface area contributed by atoms with E-state index >= 15 is 0 Å². The van der Waals surface area contributed by atoms with Crippen LogP contribution >= 0.6 is 11.6 Å². The third-order valence-corrected chi connectivity index (χ3v) is 6.38. The molecule has 0 N–H and O–H groups in total. The summed E-state index contributed by atoms with van der Waals surface area (Å²) in [5, 5.41) is 0.0471. The van der Waals surface area contributed by atoms with Crippen LogP contribution in [0.4, 0.5) is 4.39 Å². The van der Waals surface area contributed by atoms with Gasteiger partial charge in [0.2, 0.25) is 0 Å². The predicted octanol–water partition coefficient (Wildman–Crippen LogP) is 6.33. The van der Waals surface area contributed by atoms with Crippen LogP contribution in [0, 0.1) is 37.4 Å². The van der Waals surface area contributed by atoms with Crippen molar-refractivity contribution in [2.75, 3.05) is 0 Å². The highest BCUT2D eigenvalue weighted by atomic mass is 35.5. The van der Waals surface area contributed by atoms with Gasteiger partial charge in [-0.15, -0.1) is 11.6 Å². The number of halogens is 2. The zero-order chi connectivity index (χ0) is 15.0. The van der Waals surface area contributed by atoms with Crippen LogP contribution in [-0.2, 0) is 0 Å². The summed E-state index contributed by atoms with van der Waals surface area (Å²) in [6.45, 7) is 3.68. The van der Waals surface area contributed by atoms with Gasteiger partial charge in [0.15, 0.2) is 0 Å². The number of fused-ring (bicyclic) bond motifs is 1. The predicted molar refractivity (Wildman–Crippen MR) is 87.3 cm³/mol. The summed E-state index contributed by atoms with van der Waals surface area (Å²) < 4.78 is 13.8.